The van der Waals surface area contributed by atoms with Crippen LogP contribution in [0.15, 0.2) is 103 Å². The average Bonchev–Trinajstić information content (AvgIpc) is 3.40. The maximum absolute atomic E-state index is 12.2. The molecular weight excluding hydrogens is 831 g/mol. The zero-order valence-electron chi connectivity index (χ0n) is 32.2. The van der Waals surface area contributed by atoms with E-state index in [9.17, 15) is 9.90 Å². The zero-order valence-corrected chi connectivity index (χ0v) is 35.6. The first kappa shape index (κ1) is 39.3. The summed E-state index contributed by atoms with van der Waals surface area (Å²) in [6, 6.07) is 34.8. The molecule has 1 aliphatic heterocycles. The zero-order chi connectivity index (χ0) is 36.7. The van der Waals surface area contributed by atoms with E-state index in [4.69, 9.17) is 4.98 Å². The number of fused-ring (bicyclic) bond motifs is 8. The SMILES string of the molecule is CCC(C)(CC)C(=O)/C=C(\O)C(C)(CC)CC.Cc1cc(-c2nccc3c2ccc2c4c(ccc23)-c2ccccc2[Si]4(C)C)[c-]c2ccccc12.[Ir]. The number of hydrogen-bond acceptors (Lipinski definition) is 3. The molecule has 0 aliphatic carbocycles. The van der Waals surface area contributed by atoms with Gasteiger partial charge in [-0.25, -0.2) is 0 Å². The number of carbonyl (C=O) groups is 1. The average molecular weight is 883 g/mol. The first-order valence-corrected chi connectivity index (χ1v) is 21.7. The topological polar surface area (TPSA) is 50.2 Å². The maximum atomic E-state index is 12.2. The van der Waals surface area contributed by atoms with Gasteiger partial charge in [0.2, 0.25) is 0 Å². The number of rotatable bonds is 8. The molecule has 0 amide bonds. The fourth-order valence-electron chi connectivity index (χ4n) is 7.80. The summed E-state index contributed by atoms with van der Waals surface area (Å²) in [5, 5.41) is 20.8. The van der Waals surface area contributed by atoms with Crippen molar-refractivity contribution >= 4 is 56.5 Å². The maximum Gasteiger partial charge on any atom is 0.164 e. The third-order valence-electron chi connectivity index (χ3n) is 12.3. The van der Waals surface area contributed by atoms with Gasteiger partial charge >= 0.3 is 0 Å². The fourth-order valence-corrected chi connectivity index (χ4v) is 11.3. The van der Waals surface area contributed by atoms with Crippen molar-refractivity contribution in [2.45, 2.75) is 87.2 Å². The van der Waals surface area contributed by atoms with Crippen molar-refractivity contribution in [1.29, 1.82) is 0 Å². The van der Waals surface area contributed by atoms with Crippen LogP contribution < -0.4 is 10.4 Å². The molecular formula is C47H52IrNO2Si-. The number of aliphatic hydroxyl groups is 1. The van der Waals surface area contributed by atoms with E-state index >= 15 is 0 Å². The van der Waals surface area contributed by atoms with E-state index in [-0.39, 0.29) is 42.5 Å². The van der Waals surface area contributed by atoms with Crippen molar-refractivity contribution in [2.24, 2.45) is 10.8 Å². The number of aliphatic hydroxyl groups excluding tert-OH is 1. The molecule has 1 aliphatic rings. The Morgan fingerprint density at radius 3 is 2.04 bits per heavy atom. The minimum Gasteiger partial charge on any atom is -0.512 e. The third-order valence-corrected chi connectivity index (χ3v) is 15.9. The smallest absolute Gasteiger partial charge is 0.164 e. The summed E-state index contributed by atoms with van der Waals surface area (Å²) in [4.78, 5) is 17.0. The molecule has 0 saturated heterocycles. The summed E-state index contributed by atoms with van der Waals surface area (Å²) in [6.07, 6.45) is 6.71. The predicted molar refractivity (Wildman–Crippen MR) is 221 cm³/mol. The molecule has 0 spiro atoms. The normalized spacial score (nSPS) is 13.7. The third kappa shape index (κ3) is 6.72. The number of aryl methyl sites for hydroxylation is 1. The van der Waals surface area contributed by atoms with Gasteiger partial charge in [0.1, 0.15) is 13.8 Å². The van der Waals surface area contributed by atoms with E-state index in [0.29, 0.717) is 0 Å². The van der Waals surface area contributed by atoms with Crippen LogP contribution in [0.25, 0.3) is 54.7 Å². The Morgan fingerprint density at radius 1 is 0.750 bits per heavy atom. The van der Waals surface area contributed by atoms with E-state index in [0.717, 1.165) is 42.3 Å². The molecule has 0 unspecified atom stereocenters. The Kier molecular flexibility index (Phi) is 11.5. The Hall–Kier alpha value is -3.89. The Balaban J connectivity index is 0.000000250. The van der Waals surface area contributed by atoms with E-state index < -0.39 is 8.07 Å². The molecule has 2 heterocycles. The van der Waals surface area contributed by atoms with Crippen LogP contribution >= 0.6 is 0 Å². The number of carbonyl (C=O) groups excluding carboxylic acids is 1. The molecule has 0 atom stereocenters. The number of aromatic nitrogens is 1. The molecule has 5 aromatic carbocycles. The van der Waals surface area contributed by atoms with E-state index in [1.54, 1.807) is 10.4 Å². The van der Waals surface area contributed by atoms with Crippen LogP contribution in [0.5, 0.6) is 0 Å². The summed E-state index contributed by atoms with van der Waals surface area (Å²) in [5.74, 6) is 0.286. The van der Waals surface area contributed by atoms with Gasteiger partial charge in [-0.3, -0.25) is 9.78 Å². The quantitative estimate of drug-likeness (QED) is 0.0545. The van der Waals surface area contributed by atoms with Crippen molar-refractivity contribution in [3.63, 3.8) is 0 Å². The molecule has 1 radical (unpaired) electrons. The van der Waals surface area contributed by atoms with Crippen LogP contribution in [0.4, 0.5) is 0 Å². The number of pyridine rings is 1. The van der Waals surface area contributed by atoms with Crippen molar-refractivity contribution in [2.75, 3.05) is 0 Å². The van der Waals surface area contributed by atoms with Crippen LogP contribution in [-0.2, 0) is 24.9 Å². The van der Waals surface area contributed by atoms with Gasteiger partial charge in [-0.05, 0) is 74.8 Å². The number of allylic oxidation sites excluding steroid dienone is 2. The summed E-state index contributed by atoms with van der Waals surface area (Å²) in [7, 11) is -1.77. The van der Waals surface area contributed by atoms with Crippen molar-refractivity contribution < 1.29 is 30.0 Å². The van der Waals surface area contributed by atoms with Crippen LogP contribution in [0.3, 0.4) is 0 Å². The van der Waals surface area contributed by atoms with Crippen LogP contribution in [0, 0.1) is 23.8 Å². The van der Waals surface area contributed by atoms with Crippen LogP contribution in [0.1, 0.15) is 72.8 Å². The van der Waals surface area contributed by atoms with Gasteiger partial charge in [0, 0.05) is 48.9 Å². The largest absolute Gasteiger partial charge is 0.512 e. The summed E-state index contributed by atoms with van der Waals surface area (Å²) in [6.45, 7) is 19.2. The second-order valence-corrected chi connectivity index (χ2v) is 19.7. The number of benzene rings is 5. The molecule has 0 bridgehead atoms. The summed E-state index contributed by atoms with van der Waals surface area (Å²) >= 11 is 0. The van der Waals surface area contributed by atoms with Crippen molar-refractivity contribution in [3.8, 4) is 22.4 Å². The molecule has 271 valence electrons. The van der Waals surface area contributed by atoms with Gasteiger partial charge in [0.25, 0.3) is 0 Å². The second-order valence-electron chi connectivity index (χ2n) is 15.4. The fraction of sp³-hybridized carbons (Fsp3) is 0.319. The molecule has 52 heavy (non-hydrogen) atoms. The Labute approximate surface area is 325 Å². The molecule has 1 N–H and O–H groups in total. The van der Waals surface area contributed by atoms with Gasteiger partial charge in [-0.1, -0.05) is 139 Å². The monoisotopic (exact) mass is 883 g/mol. The Morgan fingerprint density at radius 2 is 1.35 bits per heavy atom. The first-order chi connectivity index (χ1) is 24.3. The molecule has 1 aromatic heterocycles. The molecule has 3 nitrogen and oxygen atoms in total. The molecule has 5 heteroatoms. The number of hydrogen-bond donors (Lipinski definition) is 1. The molecule has 6 aromatic rings. The Bertz CT molecular complexity index is 2310. The minimum atomic E-state index is -1.77. The number of nitrogens with zero attached hydrogens (tertiary/aromatic N) is 1. The van der Waals surface area contributed by atoms with E-state index in [2.05, 4.69) is 111 Å². The van der Waals surface area contributed by atoms with E-state index in [1.165, 1.54) is 49.7 Å². The molecule has 7 rings (SSSR count). The van der Waals surface area contributed by atoms with Crippen molar-refractivity contribution in [1.82, 2.24) is 4.98 Å². The summed E-state index contributed by atoms with van der Waals surface area (Å²) in [5.41, 5.74) is 5.57. The van der Waals surface area contributed by atoms with Gasteiger partial charge in [0.15, 0.2) is 5.78 Å². The van der Waals surface area contributed by atoms with Crippen molar-refractivity contribution in [3.05, 3.63) is 115 Å². The second kappa shape index (κ2) is 15.2. The standard InChI is InChI=1S/C32H24NSi.C15H28O2.Ir/c1-20-18-22(19-21-8-4-5-9-23(20)21)31-27-13-15-28-24(25(27)16-17-33-31)12-14-29-26-10-6-7-11-30(26)34(2,3)32(28)29;1-7-14(5,8-2)12(16)11-13(17)15(6,9-3)10-4;/h4-18H,1-3H3;11,16H,7-10H2,1-6H3;/q-1;;/b;12-11-;. The van der Waals surface area contributed by atoms with E-state index in [1.807, 2.05) is 47.7 Å². The van der Waals surface area contributed by atoms with Crippen LogP contribution in [0.2, 0.25) is 13.1 Å². The van der Waals surface area contributed by atoms with Gasteiger partial charge in [-0.2, -0.15) is 0 Å². The molecule has 0 saturated carbocycles. The minimum absolute atomic E-state index is 0. The van der Waals surface area contributed by atoms with Gasteiger partial charge < -0.3 is 5.11 Å². The number of ketones is 1. The van der Waals surface area contributed by atoms with Gasteiger partial charge in [-0.15, -0.1) is 29.1 Å². The molecule has 0 fully saturated rings. The van der Waals surface area contributed by atoms with Gasteiger partial charge in [0.05, 0.1) is 0 Å². The predicted octanol–water partition coefficient (Wildman–Crippen LogP) is 11.8. The van der Waals surface area contributed by atoms with Crippen LogP contribution in [-0.4, -0.2) is 23.9 Å². The first-order valence-electron chi connectivity index (χ1n) is 18.7. The summed E-state index contributed by atoms with van der Waals surface area (Å²) < 4.78 is 0.